The molecule has 1 fully saturated rings. The number of benzene rings is 2. The Bertz CT molecular complexity index is 938. The zero-order valence-corrected chi connectivity index (χ0v) is 15.2. The van der Waals surface area contributed by atoms with Crippen LogP contribution < -0.4 is 5.32 Å². The summed E-state index contributed by atoms with van der Waals surface area (Å²) in [4.78, 5) is 12.3. The Hall–Kier alpha value is -2.66. The molecule has 0 saturated carbocycles. The molecule has 1 N–H and O–H groups in total. The predicted octanol–water partition coefficient (Wildman–Crippen LogP) is 3.46. The van der Waals surface area contributed by atoms with Crippen LogP contribution in [0.2, 0.25) is 0 Å². The molecule has 1 amide bonds. The maximum atomic E-state index is 12.3. The molecule has 1 aliphatic rings. The lowest BCUT2D eigenvalue weighted by Crippen LogP contribution is -2.31. The largest absolute Gasteiger partial charge is 0.376 e. The first-order chi connectivity index (χ1) is 12.6. The number of hydrogen-bond acceptors (Lipinski definition) is 3. The van der Waals surface area contributed by atoms with Gasteiger partial charge in [0.2, 0.25) is 0 Å². The minimum Gasteiger partial charge on any atom is -0.376 e. The molecular formula is C21H23N3O2. The number of rotatable bonds is 4. The molecule has 26 heavy (non-hydrogen) atoms. The van der Waals surface area contributed by atoms with Gasteiger partial charge in [0.1, 0.15) is 5.69 Å². The summed E-state index contributed by atoms with van der Waals surface area (Å²) in [5, 5.41) is 8.80. The van der Waals surface area contributed by atoms with Crippen molar-refractivity contribution in [1.82, 2.24) is 15.1 Å². The SMILES string of the molecule is Cc1cccc2c1c(-c1ccc(C(=O)NC[C@H]3CCCO3)cc1)nn2C. The molecule has 0 aliphatic carbocycles. The van der Waals surface area contributed by atoms with Gasteiger partial charge in [0.15, 0.2) is 0 Å². The Balaban J connectivity index is 1.55. The van der Waals surface area contributed by atoms with Crippen molar-refractivity contribution < 1.29 is 9.53 Å². The van der Waals surface area contributed by atoms with Gasteiger partial charge in [-0.1, -0.05) is 24.3 Å². The fourth-order valence-corrected chi connectivity index (χ4v) is 3.58. The first-order valence-electron chi connectivity index (χ1n) is 9.06. The van der Waals surface area contributed by atoms with Gasteiger partial charge >= 0.3 is 0 Å². The molecule has 0 bridgehead atoms. The summed E-state index contributed by atoms with van der Waals surface area (Å²) in [7, 11) is 1.96. The molecule has 0 spiro atoms. The third-order valence-corrected chi connectivity index (χ3v) is 5.02. The van der Waals surface area contributed by atoms with Gasteiger partial charge in [-0.2, -0.15) is 5.10 Å². The molecule has 1 atom stereocenters. The molecule has 0 radical (unpaired) electrons. The van der Waals surface area contributed by atoms with E-state index in [2.05, 4.69) is 29.5 Å². The van der Waals surface area contributed by atoms with Crippen LogP contribution in [0.1, 0.15) is 28.8 Å². The van der Waals surface area contributed by atoms with Crippen molar-refractivity contribution in [2.75, 3.05) is 13.2 Å². The van der Waals surface area contributed by atoms with E-state index in [1.807, 2.05) is 42.1 Å². The summed E-state index contributed by atoms with van der Waals surface area (Å²) in [6, 6.07) is 13.9. The first-order valence-corrected chi connectivity index (χ1v) is 9.06. The van der Waals surface area contributed by atoms with E-state index in [0.717, 1.165) is 41.6 Å². The van der Waals surface area contributed by atoms with Gasteiger partial charge < -0.3 is 10.1 Å². The number of hydrogen-bond donors (Lipinski definition) is 1. The monoisotopic (exact) mass is 349 g/mol. The topological polar surface area (TPSA) is 56.1 Å². The molecule has 2 aromatic carbocycles. The molecule has 1 saturated heterocycles. The summed E-state index contributed by atoms with van der Waals surface area (Å²) in [6.45, 7) is 3.47. The minimum absolute atomic E-state index is 0.0610. The van der Waals surface area contributed by atoms with Crippen molar-refractivity contribution in [2.24, 2.45) is 7.05 Å². The number of nitrogens with zero attached hydrogens (tertiary/aromatic N) is 2. The second-order valence-electron chi connectivity index (χ2n) is 6.86. The standard InChI is InChI=1S/C21H23N3O2/c1-14-5-3-7-18-19(14)20(23-24(18)2)15-8-10-16(11-9-15)21(25)22-13-17-6-4-12-26-17/h3,5,7-11,17H,4,6,12-13H2,1-2H3,(H,22,25)/t17-/m1/s1. The average molecular weight is 349 g/mol. The smallest absolute Gasteiger partial charge is 0.251 e. The Morgan fingerprint density at radius 3 is 2.81 bits per heavy atom. The van der Waals surface area contributed by atoms with Crippen LogP contribution in [0.25, 0.3) is 22.2 Å². The lowest BCUT2D eigenvalue weighted by molar-refractivity contribution is 0.0858. The molecule has 1 aliphatic heterocycles. The van der Waals surface area contributed by atoms with Crippen LogP contribution >= 0.6 is 0 Å². The Labute approximate surface area is 153 Å². The number of aromatic nitrogens is 2. The number of amides is 1. The summed E-state index contributed by atoms with van der Waals surface area (Å²) < 4.78 is 7.45. The quantitative estimate of drug-likeness (QED) is 0.785. The molecule has 1 aromatic heterocycles. The molecular weight excluding hydrogens is 326 g/mol. The van der Waals surface area contributed by atoms with E-state index in [1.165, 1.54) is 5.56 Å². The minimum atomic E-state index is -0.0610. The van der Waals surface area contributed by atoms with Gasteiger partial charge in [-0.25, -0.2) is 0 Å². The van der Waals surface area contributed by atoms with Crippen LogP contribution in [0.5, 0.6) is 0 Å². The van der Waals surface area contributed by atoms with Crippen LogP contribution in [0.15, 0.2) is 42.5 Å². The van der Waals surface area contributed by atoms with Crippen molar-refractivity contribution >= 4 is 16.8 Å². The highest BCUT2D eigenvalue weighted by Gasteiger charge is 2.17. The van der Waals surface area contributed by atoms with Crippen LogP contribution in [-0.4, -0.2) is 34.9 Å². The van der Waals surface area contributed by atoms with Gasteiger partial charge in [0, 0.05) is 36.7 Å². The highest BCUT2D eigenvalue weighted by atomic mass is 16.5. The summed E-state index contributed by atoms with van der Waals surface area (Å²) in [5.41, 5.74) is 4.93. The van der Waals surface area contributed by atoms with Crippen LogP contribution in [-0.2, 0) is 11.8 Å². The van der Waals surface area contributed by atoms with E-state index in [1.54, 1.807) is 0 Å². The highest BCUT2D eigenvalue weighted by molar-refractivity contribution is 5.97. The zero-order valence-electron chi connectivity index (χ0n) is 15.2. The highest BCUT2D eigenvalue weighted by Crippen LogP contribution is 2.30. The van der Waals surface area contributed by atoms with E-state index in [9.17, 15) is 4.79 Å². The Morgan fingerprint density at radius 2 is 2.08 bits per heavy atom. The third-order valence-electron chi connectivity index (χ3n) is 5.02. The molecule has 2 heterocycles. The number of fused-ring (bicyclic) bond motifs is 1. The van der Waals surface area contributed by atoms with Crippen LogP contribution in [0.3, 0.4) is 0 Å². The lowest BCUT2D eigenvalue weighted by Gasteiger charge is -2.11. The van der Waals surface area contributed by atoms with E-state index >= 15 is 0 Å². The molecule has 0 unspecified atom stereocenters. The van der Waals surface area contributed by atoms with Crippen LogP contribution in [0.4, 0.5) is 0 Å². The number of ether oxygens (including phenoxy) is 1. The van der Waals surface area contributed by atoms with E-state index in [4.69, 9.17) is 4.74 Å². The fourth-order valence-electron chi connectivity index (χ4n) is 3.58. The molecule has 3 aromatic rings. The molecule has 5 heteroatoms. The molecule has 4 rings (SSSR count). The van der Waals surface area contributed by atoms with Gasteiger partial charge in [-0.3, -0.25) is 9.48 Å². The maximum absolute atomic E-state index is 12.3. The summed E-state index contributed by atoms with van der Waals surface area (Å²) in [6.07, 6.45) is 2.25. The van der Waals surface area contributed by atoms with E-state index in [-0.39, 0.29) is 12.0 Å². The van der Waals surface area contributed by atoms with Crippen molar-refractivity contribution in [2.45, 2.75) is 25.9 Å². The second kappa shape index (κ2) is 6.92. The van der Waals surface area contributed by atoms with Crippen molar-refractivity contribution in [1.29, 1.82) is 0 Å². The number of carbonyl (C=O) groups excluding carboxylic acids is 1. The van der Waals surface area contributed by atoms with Gasteiger partial charge in [-0.15, -0.1) is 0 Å². The number of carbonyl (C=O) groups is 1. The van der Waals surface area contributed by atoms with Crippen molar-refractivity contribution in [3.05, 3.63) is 53.6 Å². The normalized spacial score (nSPS) is 16.9. The van der Waals surface area contributed by atoms with E-state index in [0.29, 0.717) is 12.1 Å². The first kappa shape index (κ1) is 16.8. The van der Waals surface area contributed by atoms with Crippen LogP contribution in [0, 0.1) is 6.92 Å². The predicted molar refractivity (Wildman–Crippen MR) is 102 cm³/mol. The average Bonchev–Trinajstić information content (AvgIpc) is 3.29. The van der Waals surface area contributed by atoms with Gasteiger partial charge in [0.25, 0.3) is 5.91 Å². The summed E-state index contributed by atoms with van der Waals surface area (Å²) in [5.74, 6) is -0.0610. The van der Waals surface area contributed by atoms with Gasteiger partial charge in [-0.05, 0) is 43.5 Å². The van der Waals surface area contributed by atoms with Crippen molar-refractivity contribution in [3.8, 4) is 11.3 Å². The Kier molecular flexibility index (Phi) is 4.47. The summed E-state index contributed by atoms with van der Waals surface area (Å²) >= 11 is 0. The third kappa shape index (κ3) is 3.10. The van der Waals surface area contributed by atoms with Crippen molar-refractivity contribution in [3.63, 3.8) is 0 Å². The number of nitrogens with one attached hydrogen (secondary N) is 1. The second-order valence-corrected chi connectivity index (χ2v) is 6.86. The van der Waals surface area contributed by atoms with Gasteiger partial charge in [0.05, 0.1) is 11.6 Å². The molecule has 134 valence electrons. The molecule has 5 nitrogen and oxygen atoms in total. The zero-order chi connectivity index (χ0) is 18.1. The fraction of sp³-hybridized carbons (Fsp3) is 0.333. The maximum Gasteiger partial charge on any atom is 0.251 e. The Morgan fingerprint density at radius 1 is 1.27 bits per heavy atom. The lowest BCUT2D eigenvalue weighted by atomic mass is 10.0. The van der Waals surface area contributed by atoms with E-state index < -0.39 is 0 Å². The number of aryl methyl sites for hydroxylation is 2.